The monoisotopic (exact) mass is 447 g/mol. The molecule has 0 fully saturated rings. The van der Waals surface area contributed by atoms with Gasteiger partial charge in [0.25, 0.3) is 10.1 Å². The summed E-state index contributed by atoms with van der Waals surface area (Å²) in [5.74, 6) is 0. The number of pyridine rings is 1. The van der Waals surface area contributed by atoms with Gasteiger partial charge in [-0.15, -0.1) is 0 Å². The number of hydrogen-bond acceptors (Lipinski definition) is 4. The minimum atomic E-state index is -4.95. The van der Waals surface area contributed by atoms with E-state index in [-0.39, 0.29) is 12.8 Å². The van der Waals surface area contributed by atoms with Crippen LogP contribution < -0.4 is 0 Å². The molecule has 158 valence electrons. The van der Waals surface area contributed by atoms with Crippen molar-refractivity contribution in [1.29, 1.82) is 0 Å². The van der Waals surface area contributed by atoms with Crippen LogP contribution in [-0.4, -0.2) is 32.7 Å². The Morgan fingerprint density at radius 1 is 0.867 bits per heavy atom. The van der Waals surface area contributed by atoms with Crippen molar-refractivity contribution in [2.75, 3.05) is 0 Å². The van der Waals surface area contributed by atoms with Crippen LogP contribution in [0.5, 0.6) is 0 Å². The van der Waals surface area contributed by atoms with Crippen LogP contribution in [0.15, 0.2) is 72.9 Å². The first-order chi connectivity index (χ1) is 14.1. The predicted molar refractivity (Wildman–Crippen MR) is 115 cm³/mol. The van der Waals surface area contributed by atoms with Gasteiger partial charge >= 0.3 is 7.60 Å². The molecule has 3 rings (SSSR count). The summed E-state index contributed by atoms with van der Waals surface area (Å²) in [6, 6.07) is 21.7. The van der Waals surface area contributed by atoms with Gasteiger partial charge in [0.15, 0.2) is 4.99 Å². The Morgan fingerprint density at radius 2 is 1.47 bits per heavy atom. The fourth-order valence-corrected chi connectivity index (χ4v) is 5.55. The molecule has 7 nitrogen and oxygen atoms in total. The molecule has 9 heteroatoms. The van der Waals surface area contributed by atoms with Gasteiger partial charge in [-0.1, -0.05) is 60.7 Å². The quantitative estimate of drug-likeness (QED) is 0.350. The summed E-state index contributed by atoms with van der Waals surface area (Å²) in [5, 5.41) is 0. The van der Waals surface area contributed by atoms with Crippen LogP contribution in [0.25, 0.3) is 22.4 Å². The van der Waals surface area contributed by atoms with Crippen molar-refractivity contribution in [2.24, 2.45) is 0 Å². The Bertz CT molecular complexity index is 1130. The summed E-state index contributed by atoms with van der Waals surface area (Å²) in [6.45, 7) is 0. The summed E-state index contributed by atoms with van der Waals surface area (Å²) < 4.78 is 42.7. The Balaban J connectivity index is 1.63. The number of aryl methyl sites for hydroxylation is 1. The molecule has 1 atom stereocenters. The van der Waals surface area contributed by atoms with Gasteiger partial charge in [0.2, 0.25) is 0 Å². The lowest BCUT2D eigenvalue weighted by molar-refractivity contribution is 0.360. The van der Waals surface area contributed by atoms with Crippen molar-refractivity contribution in [2.45, 2.75) is 24.3 Å². The molecule has 1 unspecified atom stereocenters. The molecule has 0 saturated carbocycles. The van der Waals surface area contributed by atoms with Crippen molar-refractivity contribution in [3.05, 3.63) is 78.5 Å². The van der Waals surface area contributed by atoms with Crippen LogP contribution in [0.3, 0.4) is 0 Å². The molecular weight excluding hydrogens is 425 g/mol. The molecular formula is C21H22NO6PS. The van der Waals surface area contributed by atoms with Crippen molar-refractivity contribution >= 4 is 17.7 Å². The Hall–Kier alpha value is -2.35. The average Bonchev–Trinajstić information content (AvgIpc) is 2.71. The van der Waals surface area contributed by atoms with Gasteiger partial charge in [-0.05, 0) is 42.0 Å². The average molecular weight is 447 g/mol. The largest absolute Gasteiger partial charge is 0.346 e. The molecule has 0 aliphatic carbocycles. The molecule has 3 N–H and O–H groups in total. The minimum absolute atomic E-state index is 0.183. The molecule has 3 aromatic rings. The molecule has 0 spiro atoms. The van der Waals surface area contributed by atoms with E-state index in [1.165, 1.54) is 0 Å². The van der Waals surface area contributed by atoms with Gasteiger partial charge in [-0.3, -0.25) is 14.1 Å². The summed E-state index contributed by atoms with van der Waals surface area (Å²) in [5.41, 5.74) is 4.78. The van der Waals surface area contributed by atoms with E-state index >= 15 is 0 Å². The normalized spacial score (nSPS) is 13.2. The standard InChI is InChI=1S/C21H22NO6PS/c23-29(24,25)21(30(26,27)28)8-4-5-16-9-14-20(22-15-16)19-12-10-18(11-13-19)17-6-2-1-3-7-17/h1-3,6-7,9-15,21H,4-5,8H2,(H2,23,24,25)(H,26,27,28). The van der Waals surface area contributed by atoms with Crippen molar-refractivity contribution in [3.8, 4) is 22.4 Å². The van der Waals surface area contributed by atoms with Gasteiger partial charge in [-0.2, -0.15) is 8.42 Å². The highest BCUT2D eigenvalue weighted by molar-refractivity contribution is 7.93. The van der Waals surface area contributed by atoms with E-state index in [9.17, 15) is 13.0 Å². The number of hydrogen-bond donors (Lipinski definition) is 3. The first kappa shape index (κ1) is 22.3. The highest BCUT2D eigenvalue weighted by atomic mass is 32.2. The second-order valence-corrected chi connectivity index (χ2v) is 10.7. The molecule has 1 heterocycles. The zero-order chi connectivity index (χ0) is 21.8. The third-order valence-corrected chi connectivity index (χ3v) is 8.30. The van der Waals surface area contributed by atoms with E-state index in [1.54, 1.807) is 6.20 Å². The van der Waals surface area contributed by atoms with Crippen LogP contribution in [0.1, 0.15) is 18.4 Å². The molecule has 0 aliphatic rings. The third kappa shape index (κ3) is 5.84. The molecule has 30 heavy (non-hydrogen) atoms. The SMILES string of the molecule is O=P(O)(O)C(CCCc1ccc(-c2ccc(-c3ccccc3)cc2)nc1)S(=O)(=O)O. The van der Waals surface area contributed by atoms with E-state index in [0.29, 0.717) is 6.42 Å². The second-order valence-electron chi connectivity index (χ2n) is 6.95. The van der Waals surface area contributed by atoms with Crippen molar-refractivity contribution in [3.63, 3.8) is 0 Å². The van der Waals surface area contributed by atoms with E-state index in [0.717, 1.165) is 27.9 Å². The summed E-state index contributed by atoms with van der Waals surface area (Å²) >= 11 is 0. The van der Waals surface area contributed by atoms with E-state index in [2.05, 4.69) is 4.98 Å². The Kier molecular flexibility index (Phi) is 6.85. The first-order valence-electron chi connectivity index (χ1n) is 9.27. The Labute approximate surface area is 175 Å². The maximum absolute atomic E-state index is 11.3. The predicted octanol–water partition coefficient (Wildman–Crippen LogP) is 4.13. The van der Waals surface area contributed by atoms with Gasteiger partial charge in [0.05, 0.1) is 5.69 Å². The van der Waals surface area contributed by atoms with Crippen LogP contribution in [0.2, 0.25) is 0 Å². The molecule has 0 saturated heterocycles. The fraction of sp³-hybridized carbons (Fsp3) is 0.190. The molecule has 2 aromatic carbocycles. The number of benzene rings is 2. The smallest absolute Gasteiger partial charge is 0.323 e. The summed E-state index contributed by atoms with van der Waals surface area (Å²) in [4.78, 5) is 20.6. The van der Waals surface area contributed by atoms with Gasteiger partial charge < -0.3 is 9.79 Å². The summed E-state index contributed by atoms with van der Waals surface area (Å²) in [7, 11) is -9.77. The lowest BCUT2D eigenvalue weighted by atomic mass is 10.0. The third-order valence-electron chi connectivity index (χ3n) is 4.75. The van der Waals surface area contributed by atoms with Crippen molar-refractivity contribution in [1.82, 2.24) is 4.98 Å². The first-order valence-corrected chi connectivity index (χ1v) is 12.5. The maximum Gasteiger partial charge on any atom is 0.346 e. The number of nitrogens with zero attached hydrogens (tertiary/aromatic N) is 1. The van der Waals surface area contributed by atoms with Crippen LogP contribution in [0, 0.1) is 0 Å². The van der Waals surface area contributed by atoms with E-state index in [1.807, 2.05) is 66.7 Å². The van der Waals surface area contributed by atoms with Crippen LogP contribution >= 0.6 is 7.60 Å². The molecule has 0 amide bonds. The number of aromatic nitrogens is 1. The summed E-state index contributed by atoms with van der Waals surface area (Å²) in [6.07, 6.45) is 1.88. The molecule has 1 aromatic heterocycles. The molecule has 0 radical (unpaired) electrons. The lowest BCUT2D eigenvalue weighted by Gasteiger charge is -2.15. The number of rotatable bonds is 8. The van der Waals surface area contributed by atoms with Crippen molar-refractivity contribution < 1.29 is 27.3 Å². The minimum Gasteiger partial charge on any atom is -0.323 e. The molecule has 0 bridgehead atoms. The highest BCUT2D eigenvalue weighted by Gasteiger charge is 2.38. The topological polar surface area (TPSA) is 125 Å². The van der Waals surface area contributed by atoms with E-state index < -0.39 is 22.7 Å². The second kappa shape index (κ2) is 9.20. The maximum atomic E-state index is 11.3. The fourth-order valence-electron chi connectivity index (χ4n) is 3.18. The molecule has 0 aliphatic heterocycles. The zero-order valence-electron chi connectivity index (χ0n) is 16.0. The van der Waals surface area contributed by atoms with Gasteiger partial charge in [0, 0.05) is 11.8 Å². The van der Waals surface area contributed by atoms with Crippen LogP contribution in [-0.2, 0) is 21.1 Å². The van der Waals surface area contributed by atoms with Gasteiger partial charge in [0.1, 0.15) is 0 Å². The zero-order valence-corrected chi connectivity index (χ0v) is 17.7. The van der Waals surface area contributed by atoms with Gasteiger partial charge in [-0.25, -0.2) is 0 Å². The van der Waals surface area contributed by atoms with E-state index in [4.69, 9.17) is 14.3 Å². The lowest BCUT2D eigenvalue weighted by Crippen LogP contribution is -2.20. The highest BCUT2D eigenvalue weighted by Crippen LogP contribution is 2.46. The Morgan fingerprint density at radius 3 is 2.00 bits per heavy atom. The van der Waals surface area contributed by atoms with Crippen LogP contribution in [0.4, 0.5) is 0 Å².